The van der Waals surface area contributed by atoms with Crippen LogP contribution in [-0.4, -0.2) is 58.2 Å². The maximum absolute atomic E-state index is 13.2. The molecule has 1 atom stereocenters. The smallest absolute Gasteiger partial charge is 0.325 e. The molecule has 0 radical (unpaired) electrons. The van der Waals surface area contributed by atoms with E-state index in [9.17, 15) is 24.3 Å². The minimum atomic E-state index is -1.16. The lowest BCUT2D eigenvalue weighted by molar-refractivity contribution is -0.140. The summed E-state index contributed by atoms with van der Waals surface area (Å²) in [7, 11) is 0. The number of carbonyl (C=O) groups is 4. The zero-order valence-corrected chi connectivity index (χ0v) is 18.5. The number of nitrogens with zero attached hydrogens (tertiary/aromatic N) is 2. The number of benzene rings is 2. The summed E-state index contributed by atoms with van der Waals surface area (Å²) in [5, 5.41) is 12.2. The first kappa shape index (κ1) is 22.5. The Balaban J connectivity index is 1.38. The molecule has 0 unspecified atom stereocenters. The summed E-state index contributed by atoms with van der Waals surface area (Å²) in [5.41, 5.74) is 0.0605. The van der Waals surface area contributed by atoms with E-state index in [-0.39, 0.29) is 29.9 Å². The maximum Gasteiger partial charge on any atom is 0.325 e. The predicted molar refractivity (Wildman–Crippen MR) is 120 cm³/mol. The van der Waals surface area contributed by atoms with Crippen LogP contribution in [0.3, 0.4) is 0 Å². The van der Waals surface area contributed by atoms with Crippen LogP contribution in [0, 0.1) is 5.92 Å². The highest BCUT2D eigenvalue weighted by Crippen LogP contribution is 2.32. The van der Waals surface area contributed by atoms with Crippen LogP contribution in [0.2, 0.25) is 0 Å². The molecule has 0 saturated carbocycles. The van der Waals surface area contributed by atoms with Gasteiger partial charge in [-0.15, -0.1) is 0 Å². The molecule has 2 aromatic carbocycles. The fourth-order valence-electron chi connectivity index (χ4n) is 4.62. The first-order valence-electron chi connectivity index (χ1n) is 11.2. The van der Waals surface area contributed by atoms with Gasteiger partial charge < -0.3 is 15.3 Å². The van der Waals surface area contributed by atoms with Crippen LogP contribution in [-0.2, 0) is 15.1 Å². The summed E-state index contributed by atoms with van der Waals surface area (Å²) >= 11 is 0. The minimum Gasteiger partial charge on any atom is -0.508 e. The Hall–Kier alpha value is -3.68. The molecule has 0 aliphatic carbocycles. The lowest BCUT2D eigenvalue weighted by Gasteiger charge is -2.32. The number of ketones is 1. The molecule has 4 amide bonds. The number of hydrogen-bond acceptors (Lipinski definition) is 5. The molecule has 8 heteroatoms. The van der Waals surface area contributed by atoms with Crippen LogP contribution < -0.4 is 5.32 Å². The van der Waals surface area contributed by atoms with Crippen LogP contribution >= 0.6 is 0 Å². The van der Waals surface area contributed by atoms with Crippen molar-refractivity contribution < 1.29 is 24.3 Å². The van der Waals surface area contributed by atoms with Crippen LogP contribution in [0.15, 0.2) is 54.6 Å². The number of Topliss-reactive ketones (excluding diaryl/α,β-unsaturated/α-hetero) is 1. The van der Waals surface area contributed by atoms with Gasteiger partial charge in [0.2, 0.25) is 5.91 Å². The quantitative estimate of drug-likeness (QED) is 0.521. The number of hydrogen-bond donors (Lipinski definition) is 2. The molecule has 2 saturated heterocycles. The molecule has 0 aromatic heterocycles. The Morgan fingerprint density at radius 2 is 1.67 bits per heavy atom. The summed E-state index contributed by atoms with van der Waals surface area (Å²) in [5.74, 6) is -0.847. The summed E-state index contributed by atoms with van der Waals surface area (Å²) < 4.78 is 0. The molecule has 2 aromatic rings. The van der Waals surface area contributed by atoms with Crippen molar-refractivity contribution in [3.63, 3.8) is 0 Å². The highest BCUT2D eigenvalue weighted by Gasteiger charge is 2.51. The van der Waals surface area contributed by atoms with E-state index in [1.165, 1.54) is 12.1 Å². The Kier molecular flexibility index (Phi) is 6.18. The van der Waals surface area contributed by atoms with E-state index in [2.05, 4.69) is 5.32 Å². The summed E-state index contributed by atoms with van der Waals surface area (Å²) in [6.07, 6.45) is 1.39. The third-order valence-corrected chi connectivity index (χ3v) is 6.64. The SMILES string of the molecule is CC[C@]1(c2ccccc2)NC(=O)N(CC(=O)N2CCC(C(=O)c3ccc(O)cc3)CC2)C1=O. The number of piperidine rings is 1. The Morgan fingerprint density at radius 1 is 1.03 bits per heavy atom. The van der Waals surface area contributed by atoms with Crippen molar-refractivity contribution in [1.82, 2.24) is 15.1 Å². The number of rotatable bonds is 6. The number of carbonyl (C=O) groups excluding carboxylic acids is 4. The molecule has 2 N–H and O–H groups in total. The summed E-state index contributed by atoms with van der Waals surface area (Å²) in [6.45, 7) is 2.27. The fraction of sp³-hybridized carbons (Fsp3) is 0.360. The van der Waals surface area contributed by atoms with Gasteiger partial charge in [-0.2, -0.15) is 0 Å². The predicted octanol–water partition coefficient (Wildman–Crippen LogP) is 2.67. The van der Waals surface area contributed by atoms with Gasteiger partial charge in [0.15, 0.2) is 5.78 Å². The van der Waals surface area contributed by atoms with E-state index in [0.29, 0.717) is 43.5 Å². The van der Waals surface area contributed by atoms with Crippen molar-refractivity contribution in [1.29, 1.82) is 0 Å². The van der Waals surface area contributed by atoms with Crippen molar-refractivity contribution >= 4 is 23.6 Å². The zero-order chi connectivity index (χ0) is 23.6. The van der Waals surface area contributed by atoms with Gasteiger partial charge in [-0.1, -0.05) is 37.3 Å². The molecule has 2 aliphatic heterocycles. The average molecular weight is 450 g/mol. The number of aromatic hydroxyl groups is 1. The molecule has 172 valence electrons. The maximum atomic E-state index is 13.2. The number of likely N-dealkylation sites (tertiary alicyclic amines) is 1. The Labute approximate surface area is 192 Å². The highest BCUT2D eigenvalue weighted by molar-refractivity contribution is 6.09. The van der Waals surface area contributed by atoms with Crippen LogP contribution in [0.4, 0.5) is 4.79 Å². The monoisotopic (exact) mass is 449 g/mol. The third-order valence-electron chi connectivity index (χ3n) is 6.64. The van der Waals surface area contributed by atoms with Gasteiger partial charge in [-0.25, -0.2) is 4.79 Å². The minimum absolute atomic E-state index is 0.00760. The number of nitrogens with one attached hydrogen (secondary N) is 1. The first-order valence-corrected chi connectivity index (χ1v) is 11.2. The van der Waals surface area contributed by atoms with Gasteiger partial charge >= 0.3 is 6.03 Å². The van der Waals surface area contributed by atoms with E-state index in [0.717, 1.165) is 4.90 Å². The normalized spacial score (nSPS) is 21.2. The molecular formula is C25H27N3O5. The largest absolute Gasteiger partial charge is 0.508 e. The van der Waals surface area contributed by atoms with E-state index in [1.54, 1.807) is 29.2 Å². The fourth-order valence-corrected chi connectivity index (χ4v) is 4.62. The number of amides is 4. The molecular weight excluding hydrogens is 422 g/mol. The molecule has 33 heavy (non-hydrogen) atoms. The summed E-state index contributed by atoms with van der Waals surface area (Å²) in [6, 6.07) is 14.6. The van der Waals surface area contributed by atoms with Crippen LogP contribution in [0.5, 0.6) is 5.75 Å². The van der Waals surface area contributed by atoms with Gasteiger partial charge in [-0.05, 0) is 49.1 Å². The van der Waals surface area contributed by atoms with Crippen molar-refractivity contribution in [3.8, 4) is 5.75 Å². The van der Waals surface area contributed by atoms with Gasteiger partial charge in [-0.3, -0.25) is 19.3 Å². The van der Waals surface area contributed by atoms with Crippen molar-refractivity contribution in [2.45, 2.75) is 31.7 Å². The van der Waals surface area contributed by atoms with E-state index >= 15 is 0 Å². The molecule has 4 rings (SSSR count). The van der Waals surface area contributed by atoms with Gasteiger partial charge in [0.05, 0.1) is 0 Å². The standard InChI is InChI=1S/C25H27N3O5/c1-2-25(19-6-4-3-5-7-19)23(32)28(24(33)26-25)16-21(30)27-14-12-18(13-15-27)22(31)17-8-10-20(29)11-9-17/h3-11,18,29H,2,12-16H2,1H3,(H,26,33)/t25-/m1/s1. The molecule has 2 fully saturated rings. The number of imide groups is 1. The first-order chi connectivity index (χ1) is 15.9. The Bertz CT molecular complexity index is 1060. The van der Waals surface area contributed by atoms with E-state index in [4.69, 9.17) is 0 Å². The lowest BCUT2D eigenvalue weighted by atomic mass is 9.87. The second kappa shape index (κ2) is 9.05. The van der Waals surface area contributed by atoms with Gasteiger partial charge in [0, 0.05) is 24.6 Å². The third kappa shape index (κ3) is 4.20. The average Bonchev–Trinajstić information content (AvgIpc) is 3.10. The van der Waals surface area contributed by atoms with Gasteiger partial charge in [0.25, 0.3) is 5.91 Å². The topological polar surface area (TPSA) is 107 Å². The second-order valence-electron chi connectivity index (χ2n) is 8.51. The number of urea groups is 1. The van der Waals surface area contributed by atoms with Crippen LogP contribution in [0.25, 0.3) is 0 Å². The highest BCUT2D eigenvalue weighted by atomic mass is 16.3. The van der Waals surface area contributed by atoms with Crippen molar-refractivity contribution in [3.05, 3.63) is 65.7 Å². The van der Waals surface area contributed by atoms with E-state index in [1.807, 2.05) is 25.1 Å². The second-order valence-corrected chi connectivity index (χ2v) is 8.51. The molecule has 8 nitrogen and oxygen atoms in total. The van der Waals surface area contributed by atoms with Crippen molar-refractivity contribution in [2.75, 3.05) is 19.6 Å². The number of phenols is 1. The summed E-state index contributed by atoms with van der Waals surface area (Å²) in [4.78, 5) is 54.1. The molecule has 0 spiro atoms. The lowest BCUT2D eigenvalue weighted by Crippen LogP contribution is -2.47. The molecule has 0 bridgehead atoms. The molecule has 2 heterocycles. The van der Waals surface area contributed by atoms with Crippen LogP contribution in [0.1, 0.15) is 42.1 Å². The zero-order valence-electron chi connectivity index (χ0n) is 18.5. The van der Waals surface area contributed by atoms with Crippen molar-refractivity contribution in [2.24, 2.45) is 5.92 Å². The number of phenolic OH excluding ortho intramolecular Hbond substituents is 1. The Morgan fingerprint density at radius 3 is 2.27 bits per heavy atom. The van der Waals surface area contributed by atoms with Gasteiger partial charge in [0.1, 0.15) is 17.8 Å². The molecule has 2 aliphatic rings. The van der Waals surface area contributed by atoms with E-state index < -0.39 is 17.5 Å².